The van der Waals surface area contributed by atoms with Crippen molar-refractivity contribution in [3.63, 3.8) is 0 Å². The summed E-state index contributed by atoms with van der Waals surface area (Å²) in [4.78, 5) is 41.2. The molecule has 4 bridgehead atoms. The first-order chi connectivity index (χ1) is 26.3. The molecule has 2 aromatic rings. The van der Waals surface area contributed by atoms with Crippen LogP contribution in [0.4, 0.5) is 5.69 Å². The predicted octanol–water partition coefficient (Wildman–Crippen LogP) is 4.19. The number of ether oxygens (including phenoxy) is 5. The van der Waals surface area contributed by atoms with Gasteiger partial charge in [0.1, 0.15) is 23.2 Å². The molecule has 310 valence electrons. The van der Waals surface area contributed by atoms with Crippen molar-refractivity contribution in [2.45, 2.75) is 79.8 Å². The Morgan fingerprint density at radius 3 is 1.79 bits per heavy atom. The van der Waals surface area contributed by atoms with Crippen LogP contribution < -0.4 is 14.8 Å². The van der Waals surface area contributed by atoms with Gasteiger partial charge in [-0.25, -0.2) is 0 Å². The van der Waals surface area contributed by atoms with Crippen LogP contribution in [0, 0.1) is 43.4 Å². The maximum Gasteiger partial charge on any atom is 0.313 e. The number of hydrogen-bond donors (Lipinski definition) is 7. The number of aromatic hydroxyl groups is 2. The van der Waals surface area contributed by atoms with E-state index >= 15 is 0 Å². The van der Waals surface area contributed by atoms with Gasteiger partial charge in [-0.2, -0.15) is 0 Å². The molecule has 0 aromatic heterocycles. The summed E-state index contributed by atoms with van der Waals surface area (Å²) in [5.74, 6) is -8.57. The minimum absolute atomic E-state index is 0.0299. The standard InChI is InChI=1S/C41H57NO14/c1-18-13-12-14-19(2)40(50)42-30-22(5)38(55-16-52-9)26-27(34(46)25(8)35(47)28(26)39(30)56-17-53-10)33(45)21(4)15-20(3)32(44)24(7)37(49)29(41(51)54-11)36(48)23(6)31(18)43/h12-15,18,20,23-24,29,31-32,36-37,43-44,46-49H,16-17H2,1-11H3,(H,42,50)/b13-12-,19-14+,21-15+/t18-,20+,23-,24-,29-,31-,32+,36-,37-/m1/s1. The van der Waals surface area contributed by atoms with Crippen molar-refractivity contribution in [1.82, 2.24) is 0 Å². The van der Waals surface area contributed by atoms with Gasteiger partial charge in [0.15, 0.2) is 25.1 Å². The number of allylic oxidation sites excluding steroid dienone is 3. The quantitative estimate of drug-likeness (QED) is 0.154. The molecule has 0 radical (unpaired) electrons. The molecule has 7 N–H and O–H groups in total. The molecule has 15 heteroatoms. The topological polar surface area (TPSA) is 231 Å². The minimum Gasteiger partial charge on any atom is -0.507 e. The summed E-state index contributed by atoms with van der Waals surface area (Å²) < 4.78 is 27.3. The average Bonchev–Trinajstić information content (AvgIpc) is 3.17. The number of esters is 1. The maximum atomic E-state index is 14.5. The third-order valence-corrected chi connectivity index (χ3v) is 10.6. The van der Waals surface area contributed by atoms with E-state index in [0.29, 0.717) is 0 Å². The van der Waals surface area contributed by atoms with E-state index in [-0.39, 0.29) is 69.4 Å². The van der Waals surface area contributed by atoms with Crippen molar-refractivity contribution in [2.75, 3.05) is 40.2 Å². The number of carbonyl (C=O) groups excluding carboxylic acids is 3. The third kappa shape index (κ3) is 9.36. The molecule has 2 aliphatic heterocycles. The van der Waals surface area contributed by atoms with Crippen LogP contribution in [-0.2, 0) is 23.8 Å². The Morgan fingerprint density at radius 2 is 1.25 bits per heavy atom. The number of phenols is 2. The number of methoxy groups -OCH3 is 3. The van der Waals surface area contributed by atoms with Gasteiger partial charge < -0.3 is 59.6 Å². The van der Waals surface area contributed by atoms with Gasteiger partial charge in [0, 0.05) is 60.0 Å². The van der Waals surface area contributed by atoms with E-state index in [4.69, 9.17) is 23.7 Å². The van der Waals surface area contributed by atoms with Crippen molar-refractivity contribution in [3.8, 4) is 23.0 Å². The molecule has 0 saturated heterocycles. The number of benzene rings is 2. The van der Waals surface area contributed by atoms with Gasteiger partial charge in [-0.05, 0) is 33.3 Å². The van der Waals surface area contributed by atoms with Crippen LogP contribution in [0.15, 0.2) is 35.5 Å². The molecule has 9 atom stereocenters. The second-order valence-electron chi connectivity index (χ2n) is 14.5. The van der Waals surface area contributed by atoms with Gasteiger partial charge in [0.2, 0.25) is 0 Å². The first kappa shape index (κ1) is 45.9. The number of carbonyl (C=O) groups is 3. The second kappa shape index (κ2) is 19.6. The second-order valence-corrected chi connectivity index (χ2v) is 14.5. The molecule has 2 aliphatic rings. The summed E-state index contributed by atoms with van der Waals surface area (Å²) in [5, 5.41) is 71.4. The van der Waals surface area contributed by atoms with Gasteiger partial charge in [-0.1, -0.05) is 52.0 Å². The molecule has 0 aliphatic carbocycles. The summed E-state index contributed by atoms with van der Waals surface area (Å²) in [5.41, 5.74) is 0.152. The Bertz CT molecular complexity index is 1870. The van der Waals surface area contributed by atoms with Crippen LogP contribution in [0.3, 0.4) is 0 Å². The van der Waals surface area contributed by atoms with Gasteiger partial charge >= 0.3 is 5.97 Å². The molecule has 0 fully saturated rings. The first-order valence-corrected chi connectivity index (χ1v) is 18.3. The van der Waals surface area contributed by atoms with Gasteiger partial charge in [-0.15, -0.1) is 0 Å². The molecule has 2 heterocycles. The molecule has 0 spiro atoms. The van der Waals surface area contributed by atoms with E-state index in [1.54, 1.807) is 26.8 Å². The van der Waals surface area contributed by atoms with Crippen LogP contribution in [0.2, 0.25) is 0 Å². The number of aliphatic hydroxyl groups is 4. The van der Waals surface area contributed by atoms with Crippen LogP contribution >= 0.6 is 0 Å². The SMILES string of the molecule is COCOc1c2c(C)c(OCOC)c3c(c(O)c(C)c(O)c13)C(=O)/C(C)=C/[C@H](C)[C@H](O)[C@@H](C)[C@@H](O)[C@H](C(=O)OC)[C@H](O)[C@H](C)[C@H](O)[C@H](C)/C=C\C=C(/C)C(=O)N2. The molecule has 1 amide bonds. The smallest absolute Gasteiger partial charge is 0.313 e. The van der Waals surface area contributed by atoms with E-state index < -0.39 is 83.2 Å². The first-order valence-electron chi connectivity index (χ1n) is 18.3. The van der Waals surface area contributed by atoms with E-state index in [1.165, 1.54) is 67.1 Å². The lowest BCUT2D eigenvalue weighted by molar-refractivity contribution is -0.164. The Labute approximate surface area is 327 Å². The maximum absolute atomic E-state index is 14.5. The van der Waals surface area contributed by atoms with Crippen LogP contribution in [0.5, 0.6) is 23.0 Å². The molecular formula is C41H57NO14. The Morgan fingerprint density at radius 1 is 0.714 bits per heavy atom. The van der Waals surface area contributed by atoms with Crippen molar-refractivity contribution < 1.29 is 68.7 Å². The van der Waals surface area contributed by atoms with Crippen LogP contribution in [-0.4, -0.2) is 108 Å². The molecular weight excluding hydrogens is 730 g/mol. The third-order valence-electron chi connectivity index (χ3n) is 10.6. The van der Waals surface area contributed by atoms with Crippen molar-refractivity contribution >= 4 is 34.1 Å². The Kier molecular flexibility index (Phi) is 16.0. The largest absolute Gasteiger partial charge is 0.507 e. The number of amides is 1. The highest BCUT2D eigenvalue weighted by molar-refractivity contribution is 6.23. The molecule has 2 aromatic carbocycles. The zero-order valence-electron chi connectivity index (χ0n) is 33.9. The molecule has 56 heavy (non-hydrogen) atoms. The number of hydrogen-bond acceptors (Lipinski definition) is 14. The normalized spacial score (nSPS) is 29.6. The van der Waals surface area contributed by atoms with Gasteiger partial charge in [0.25, 0.3) is 5.91 Å². The van der Waals surface area contributed by atoms with Crippen LogP contribution in [0.1, 0.15) is 63.0 Å². The zero-order valence-corrected chi connectivity index (χ0v) is 33.9. The number of Topliss-reactive ketones (excluding diaryl/α,β-unsaturated/α-hetero) is 1. The molecule has 15 nitrogen and oxygen atoms in total. The Balaban J connectivity index is 2.47. The van der Waals surface area contributed by atoms with Crippen LogP contribution in [0.25, 0.3) is 10.8 Å². The van der Waals surface area contributed by atoms with E-state index in [2.05, 4.69) is 5.32 Å². The molecule has 0 saturated carbocycles. The fraction of sp³-hybridized carbons (Fsp3) is 0.537. The Hall–Kier alpha value is -4.51. The summed E-state index contributed by atoms with van der Waals surface area (Å²) in [6, 6.07) is 0. The molecule has 4 rings (SSSR count). The summed E-state index contributed by atoms with van der Waals surface area (Å²) >= 11 is 0. The van der Waals surface area contributed by atoms with Gasteiger partial charge in [0.05, 0.1) is 48.2 Å². The lowest BCUT2D eigenvalue weighted by atomic mass is 9.76. The van der Waals surface area contributed by atoms with E-state index in [1.807, 2.05) is 0 Å². The summed E-state index contributed by atoms with van der Waals surface area (Å²) in [6.07, 6.45) is 0.154. The highest BCUT2D eigenvalue weighted by Crippen LogP contribution is 2.53. The monoisotopic (exact) mass is 787 g/mol. The lowest BCUT2D eigenvalue weighted by Gasteiger charge is -2.37. The summed E-state index contributed by atoms with van der Waals surface area (Å²) in [6.45, 7) is 11.5. The number of ketones is 1. The lowest BCUT2D eigenvalue weighted by Crippen LogP contribution is -2.50. The average molecular weight is 788 g/mol. The van der Waals surface area contributed by atoms with Crippen molar-refractivity contribution in [3.05, 3.63) is 52.1 Å². The van der Waals surface area contributed by atoms with Gasteiger partial charge in [-0.3, -0.25) is 14.4 Å². The predicted molar refractivity (Wildman–Crippen MR) is 208 cm³/mol. The number of fused-ring (bicyclic) bond motifs is 15. The van der Waals surface area contributed by atoms with E-state index in [0.717, 1.165) is 7.11 Å². The number of rotatable bonds is 7. The number of anilines is 1. The number of nitrogens with one attached hydrogen (secondary N) is 1. The number of phenolic OH excluding ortho intramolecular Hbond substituents is 2. The number of aliphatic hydroxyl groups excluding tert-OH is 4. The summed E-state index contributed by atoms with van der Waals surface area (Å²) in [7, 11) is 3.83. The van der Waals surface area contributed by atoms with E-state index in [9.17, 15) is 45.0 Å². The highest BCUT2D eigenvalue weighted by atomic mass is 16.7. The highest BCUT2D eigenvalue weighted by Gasteiger charge is 2.44. The molecule has 0 unspecified atom stereocenters. The minimum atomic E-state index is -1.67. The van der Waals surface area contributed by atoms with Crippen molar-refractivity contribution in [1.29, 1.82) is 0 Å². The fourth-order valence-electron chi connectivity index (χ4n) is 7.00. The zero-order chi connectivity index (χ0) is 42.3. The van der Waals surface area contributed by atoms with Crippen molar-refractivity contribution in [2.24, 2.45) is 29.6 Å². The fourth-order valence-corrected chi connectivity index (χ4v) is 7.00.